The van der Waals surface area contributed by atoms with Gasteiger partial charge in [0.2, 0.25) is 10.0 Å². The predicted octanol–water partition coefficient (Wildman–Crippen LogP) is 2.58. The Labute approximate surface area is 224 Å². The van der Waals surface area contributed by atoms with Crippen LogP contribution in [0.15, 0.2) is 53.7 Å². The van der Waals surface area contributed by atoms with Crippen LogP contribution < -0.4 is 11.1 Å². The number of nitrogens with two attached hydrogens (primary N) is 1. The van der Waals surface area contributed by atoms with Crippen LogP contribution in [-0.4, -0.2) is 73.0 Å². The molecule has 1 aromatic heterocycles. The van der Waals surface area contributed by atoms with Crippen molar-refractivity contribution < 1.29 is 27.8 Å². The van der Waals surface area contributed by atoms with Gasteiger partial charge in [-0.25, -0.2) is 13.2 Å². The molecular weight excluding hydrogens is 508 g/mol. The molecule has 1 aliphatic heterocycles. The highest BCUT2D eigenvalue weighted by Crippen LogP contribution is 2.37. The van der Waals surface area contributed by atoms with Crippen molar-refractivity contribution in [2.75, 3.05) is 25.4 Å². The minimum atomic E-state index is -4.00. The summed E-state index contributed by atoms with van der Waals surface area (Å²) in [6, 6.07) is 9.97. The van der Waals surface area contributed by atoms with Gasteiger partial charge in [-0.05, 0) is 42.7 Å². The van der Waals surface area contributed by atoms with E-state index in [1.807, 2.05) is 44.2 Å². The maximum absolute atomic E-state index is 13.5. The van der Waals surface area contributed by atoms with E-state index in [0.29, 0.717) is 18.8 Å². The molecule has 10 nitrogen and oxygen atoms in total. The number of aromatic nitrogens is 1. The van der Waals surface area contributed by atoms with Gasteiger partial charge < -0.3 is 25.6 Å². The van der Waals surface area contributed by atoms with Crippen LogP contribution in [0.2, 0.25) is 0 Å². The number of carbonyl (C=O) groups excluding carboxylic acids is 1. The number of aliphatic hydroxyl groups is 1. The molecule has 2 aliphatic rings. The van der Waals surface area contributed by atoms with Gasteiger partial charge in [0.05, 0.1) is 23.9 Å². The van der Waals surface area contributed by atoms with Crippen LogP contribution in [0.25, 0.3) is 0 Å². The van der Waals surface area contributed by atoms with Crippen LogP contribution in [0.1, 0.15) is 38.7 Å². The largest absolute Gasteiger partial charge is 0.446 e. The van der Waals surface area contributed by atoms with Crippen molar-refractivity contribution in [3.63, 3.8) is 0 Å². The van der Waals surface area contributed by atoms with Crippen molar-refractivity contribution in [2.24, 2.45) is 11.8 Å². The zero-order valence-electron chi connectivity index (χ0n) is 21.9. The van der Waals surface area contributed by atoms with Crippen LogP contribution in [0.5, 0.6) is 0 Å². The Hall–Kier alpha value is -2.73. The number of nitrogen functional groups attached to an aromatic ring is 1. The zero-order valence-corrected chi connectivity index (χ0v) is 22.7. The van der Waals surface area contributed by atoms with Gasteiger partial charge in [0, 0.05) is 38.5 Å². The first-order chi connectivity index (χ1) is 18.1. The van der Waals surface area contributed by atoms with E-state index in [4.69, 9.17) is 15.2 Å². The van der Waals surface area contributed by atoms with Gasteiger partial charge >= 0.3 is 6.09 Å². The lowest BCUT2D eigenvalue weighted by atomic mass is 10.0. The Morgan fingerprint density at radius 2 is 2.00 bits per heavy atom. The lowest BCUT2D eigenvalue weighted by molar-refractivity contribution is 0.0554. The first-order valence-electron chi connectivity index (χ1n) is 13.1. The fourth-order valence-corrected chi connectivity index (χ4v) is 6.86. The molecule has 4 rings (SSSR count). The van der Waals surface area contributed by atoms with E-state index < -0.39 is 28.3 Å². The molecule has 38 heavy (non-hydrogen) atoms. The zero-order chi connectivity index (χ0) is 27.3. The molecule has 4 N–H and O–H groups in total. The van der Waals surface area contributed by atoms with Gasteiger partial charge in [0.15, 0.2) is 0 Å². The quantitative estimate of drug-likeness (QED) is 0.390. The SMILES string of the molecule is CC(C)CN(C[C@@H](O)[C@H](Cc1ccccc1)NC(=O)O[C@@H]1CC2CCO[C@@H]2C1)S(=O)(=O)c1cncc(N)c1. The summed E-state index contributed by atoms with van der Waals surface area (Å²) < 4.78 is 39.6. The Kier molecular flexibility index (Phi) is 9.24. The fraction of sp³-hybridized carbons (Fsp3) is 0.556. The number of hydrogen-bond acceptors (Lipinski definition) is 8. The Morgan fingerprint density at radius 1 is 1.24 bits per heavy atom. The molecule has 0 bridgehead atoms. The van der Waals surface area contributed by atoms with E-state index in [1.54, 1.807) is 0 Å². The molecule has 1 amide bonds. The molecule has 1 unspecified atom stereocenters. The first kappa shape index (κ1) is 28.3. The lowest BCUT2D eigenvalue weighted by Crippen LogP contribution is -2.51. The van der Waals surface area contributed by atoms with E-state index in [9.17, 15) is 18.3 Å². The number of sulfonamides is 1. The van der Waals surface area contributed by atoms with Gasteiger partial charge in [0.25, 0.3) is 0 Å². The number of aliphatic hydroxyl groups excluding tert-OH is 1. The van der Waals surface area contributed by atoms with Gasteiger partial charge in [-0.2, -0.15) is 4.31 Å². The molecule has 1 aliphatic carbocycles. The number of nitrogens with zero attached hydrogens (tertiary/aromatic N) is 2. The summed E-state index contributed by atoms with van der Waals surface area (Å²) in [5.41, 5.74) is 6.89. The van der Waals surface area contributed by atoms with Crippen molar-refractivity contribution >= 4 is 21.8 Å². The van der Waals surface area contributed by atoms with Crippen LogP contribution in [0, 0.1) is 11.8 Å². The minimum absolute atomic E-state index is 0.0134. The lowest BCUT2D eigenvalue weighted by Gasteiger charge is -2.30. The third kappa shape index (κ3) is 7.22. The molecule has 1 aromatic carbocycles. The van der Waals surface area contributed by atoms with Gasteiger partial charge in [0.1, 0.15) is 11.0 Å². The number of ether oxygens (including phenoxy) is 2. The number of benzene rings is 1. The maximum Gasteiger partial charge on any atom is 0.407 e. The summed E-state index contributed by atoms with van der Waals surface area (Å²) in [4.78, 5) is 16.8. The van der Waals surface area contributed by atoms with Crippen LogP contribution >= 0.6 is 0 Å². The second kappa shape index (κ2) is 12.4. The molecule has 1 saturated heterocycles. The molecule has 2 aromatic rings. The standard InChI is InChI=1S/C27H38N4O6S/c1-18(2)16-31(38(34,35)23-12-21(28)14-29-15-23)17-25(32)24(10-19-6-4-3-5-7-19)30-27(33)37-22-11-20-8-9-36-26(20)13-22/h3-7,12,14-15,18,20,22,24-26,32H,8-11,13,16-17,28H2,1-2H3,(H,30,33)/t20?,22-,24+,25-,26-/m1/s1. The number of fused-ring (bicyclic) bond motifs is 1. The monoisotopic (exact) mass is 546 g/mol. The number of alkyl carbamates (subject to hydrolysis) is 1. The van der Waals surface area contributed by atoms with E-state index in [1.165, 1.54) is 22.8 Å². The van der Waals surface area contributed by atoms with E-state index >= 15 is 0 Å². The summed E-state index contributed by atoms with van der Waals surface area (Å²) in [7, 11) is -4.00. The topological polar surface area (TPSA) is 144 Å². The second-order valence-electron chi connectivity index (χ2n) is 10.6. The molecule has 2 heterocycles. The molecule has 0 radical (unpaired) electrons. The smallest absolute Gasteiger partial charge is 0.407 e. The number of pyridine rings is 1. The minimum Gasteiger partial charge on any atom is -0.446 e. The summed E-state index contributed by atoms with van der Waals surface area (Å²) in [5.74, 6) is 0.398. The van der Waals surface area contributed by atoms with Gasteiger partial charge in [-0.15, -0.1) is 0 Å². The van der Waals surface area contributed by atoms with Crippen LogP contribution in [0.4, 0.5) is 10.5 Å². The summed E-state index contributed by atoms with van der Waals surface area (Å²) >= 11 is 0. The molecule has 0 spiro atoms. The summed E-state index contributed by atoms with van der Waals surface area (Å²) in [6.45, 7) is 4.48. The molecule has 11 heteroatoms. The van der Waals surface area contributed by atoms with Crippen molar-refractivity contribution in [1.29, 1.82) is 0 Å². The van der Waals surface area contributed by atoms with E-state index in [0.717, 1.165) is 25.0 Å². The average Bonchev–Trinajstić information content (AvgIpc) is 3.45. The predicted molar refractivity (Wildman–Crippen MR) is 143 cm³/mol. The number of rotatable bonds is 11. The van der Waals surface area contributed by atoms with Crippen LogP contribution in [-0.2, 0) is 25.9 Å². The normalized spacial score (nSPS) is 22.8. The Balaban J connectivity index is 1.49. The Morgan fingerprint density at radius 3 is 2.68 bits per heavy atom. The molecular formula is C27H38N4O6S. The summed E-state index contributed by atoms with van der Waals surface area (Å²) in [6.07, 6.45) is 3.36. The number of anilines is 1. The van der Waals surface area contributed by atoms with Crippen molar-refractivity contribution in [3.05, 3.63) is 54.4 Å². The highest BCUT2D eigenvalue weighted by Gasteiger charge is 2.40. The summed E-state index contributed by atoms with van der Waals surface area (Å²) in [5, 5.41) is 14.1. The number of carbonyl (C=O) groups is 1. The van der Waals surface area contributed by atoms with Crippen molar-refractivity contribution in [1.82, 2.24) is 14.6 Å². The number of hydrogen-bond donors (Lipinski definition) is 3. The highest BCUT2D eigenvalue weighted by atomic mass is 32.2. The molecule has 5 atom stereocenters. The first-order valence-corrected chi connectivity index (χ1v) is 14.6. The van der Waals surface area contributed by atoms with Gasteiger partial charge in [-0.1, -0.05) is 44.2 Å². The maximum atomic E-state index is 13.5. The Bertz CT molecular complexity index is 1170. The van der Waals surface area contributed by atoms with E-state index in [2.05, 4.69) is 10.3 Å². The third-order valence-electron chi connectivity index (χ3n) is 7.08. The molecule has 208 valence electrons. The number of nitrogens with one attached hydrogen (secondary N) is 1. The fourth-order valence-electron chi connectivity index (χ4n) is 5.24. The highest BCUT2D eigenvalue weighted by molar-refractivity contribution is 7.89. The third-order valence-corrected chi connectivity index (χ3v) is 8.88. The second-order valence-corrected chi connectivity index (χ2v) is 12.6. The van der Waals surface area contributed by atoms with Crippen LogP contribution in [0.3, 0.4) is 0 Å². The number of amides is 1. The van der Waals surface area contributed by atoms with Crippen molar-refractivity contribution in [3.8, 4) is 0 Å². The van der Waals surface area contributed by atoms with Gasteiger partial charge in [-0.3, -0.25) is 4.98 Å². The molecule has 2 fully saturated rings. The van der Waals surface area contributed by atoms with Crippen molar-refractivity contribution in [2.45, 2.75) is 68.8 Å². The molecule has 1 saturated carbocycles. The van der Waals surface area contributed by atoms with E-state index in [-0.39, 0.29) is 41.8 Å². The average molecular weight is 547 g/mol.